The van der Waals surface area contributed by atoms with Gasteiger partial charge in [0.25, 0.3) is 0 Å². The molecule has 0 aliphatic rings. The molecule has 1 unspecified atom stereocenters. The fourth-order valence-corrected chi connectivity index (χ4v) is 1.59. The van der Waals surface area contributed by atoms with Crippen LogP contribution >= 0.6 is 0 Å². The summed E-state index contributed by atoms with van der Waals surface area (Å²) in [5, 5.41) is 7.11. The van der Waals surface area contributed by atoms with Crippen LogP contribution in [0.4, 0.5) is 0 Å². The summed E-state index contributed by atoms with van der Waals surface area (Å²) >= 11 is 0. The van der Waals surface area contributed by atoms with Crippen LogP contribution in [-0.4, -0.2) is 26.2 Å². The maximum absolute atomic E-state index is 4.66. The molecule has 0 spiro atoms. The van der Waals surface area contributed by atoms with E-state index in [0.717, 1.165) is 24.6 Å². The SMILES string of the molecule is CC(NCCc1ncon1)c1nccn1C. The van der Waals surface area contributed by atoms with Crippen LogP contribution in [0, 0.1) is 0 Å². The second kappa shape index (κ2) is 4.89. The number of imidazole rings is 1. The third-order valence-electron chi connectivity index (χ3n) is 2.45. The van der Waals surface area contributed by atoms with Gasteiger partial charge in [0.05, 0.1) is 6.04 Å². The highest BCUT2D eigenvalue weighted by Gasteiger charge is 2.09. The largest absolute Gasteiger partial charge is 0.343 e. The molecule has 0 aliphatic heterocycles. The molecule has 0 saturated carbocycles. The quantitative estimate of drug-likeness (QED) is 0.804. The molecule has 2 rings (SSSR count). The van der Waals surface area contributed by atoms with Gasteiger partial charge in [-0.05, 0) is 6.92 Å². The summed E-state index contributed by atoms with van der Waals surface area (Å²) in [6.07, 6.45) is 5.84. The van der Waals surface area contributed by atoms with Crippen molar-refractivity contribution in [1.82, 2.24) is 25.0 Å². The first-order valence-corrected chi connectivity index (χ1v) is 5.23. The second-order valence-electron chi connectivity index (χ2n) is 3.67. The number of nitrogens with zero attached hydrogens (tertiary/aromatic N) is 4. The molecule has 0 amide bonds. The Morgan fingerprint density at radius 3 is 3.00 bits per heavy atom. The minimum atomic E-state index is 0.215. The van der Waals surface area contributed by atoms with Gasteiger partial charge in [0.1, 0.15) is 5.82 Å². The number of aromatic nitrogens is 4. The third kappa shape index (κ3) is 2.46. The smallest absolute Gasteiger partial charge is 0.213 e. The monoisotopic (exact) mass is 221 g/mol. The first kappa shape index (κ1) is 10.8. The Balaban J connectivity index is 1.80. The molecule has 0 aliphatic carbocycles. The molecular formula is C10H15N5O. The van der Waals surface area contributed by atoms with Gasteiger partial charge in [-0.15, -0.1) is 0 Å². The van der Waals surface area contributed by atoms with Crippen LogP contribution in [0.1, 0.15) is 24.6 Å². The van der Waals surface area contributed by atoms with Crippen LogP contribution in [0.15, 0.2) is 23.3 Å². The van der Waals surface area contributed by atoms with E-state index < -0.39 is 0 Å². The van der Waals surface area contributed by atoms with Crippen LogP contribution in [-0.2, 0) is 13.5 Å². The first-order valence-electron chi connectivity index (χ1n) is 5.23. The molecule has 0 radical (unpaired) electrons. The van der Waals surface area contributed by atoms with Gasteiger partial charge in [-0.2, -0.15) is 4.98 Å². The molecule has 86 valence electrons. The summed E-state index contributed by atoms with van der Waals surface area (Å²) < 4.78 is 6.66. The Bertz CT molecular complexity index is 422. The lowest BCUT2D eigenvalue weighted by Gasteiger charge is -2.12. The number of hydrogen-bond acceptors (Lipinski definition) is 5. The van der Waals surface area contributed by atoms with Gasteiger partial charge in [0.2, 0.25) is 6.39 Å². The van der Waals surface area contributed by atoms with Crippen molar-refractivity contribution in [2.24, 2.45) is 7.05 Å². The van der Waals surface area contributed by atoms with E-state index >= 15 is 0 Å². The van der Waals surface area contributed by atoms with Gasteiger partial charge in [0.15, 0.2) is 5.82 Å². The molecule has 6 nitrogen and oxygen atoms in total. The van der Waals surface area contributed by atoms with E-state index in [1.807, 2.05) is 17.8 Å². The number of rotatable bonds is 5. The summed E-state index contributed by atoms with van der Waals surface area (Å²) in [7, 11) is 1.99. The molecule has 0 saturated heterocycles. The zero-order valence-electron chi connectivity index (χ0n) is 9.42. The fraction of sp³-hybridized carbons (Fsp3) is 0.500. The highest BCUT2D eigenvalue weighted by Crippen LogP contribution is 2.07. The lowest BCUT2D eigenvalue weighted by atomic mass is 10.3. The van der Waals surface area contributed by atoms with Crippen LogP contribution in [0.2, 0.25) is 0 Å². The van der Waals surface area contributed by atoms with E-state index in [1.165, 1.54) is 6.39 Å². The van der Waals surface area contributed by atoms with Crippen molar-refractivity contribution in [2.75, 3.05) is 6.54 Å². The topological polar surface area (TPSA) is 68.8 Å². The van der Waals surface area contributed by atoms with Crippen molar-refractivity contribution in [3.05, 3.63) is 30.4 Å². The van der Waals surface area contributed by atoms with E-state index in [0.29, 0.717) is 0 Å². The second-order valence-corrected chi connectivity index (χ2v) is 3.67. The van der Waals surface area contributed by atoms with E-state index in [1.54, 1.807) is 6.20 Å². The zero-order valence-corrected chi connectivity index (χ0v) is 9.42. The molecule has 0 fully saturated rings. The number of hydrogen-bond donors (Lipinski definition) is 1. The minimum absolute atomic E-state index is 0.215. The molecular weight excluding hydrogens is 206 g/mol. The van der Waals surface area contributed by atoms with Crippen molar-refractivity contribution in [2.45, 2.75) is 19.4 Å². The molecule has 6 heteroatoms. The Morgan fingerprint density at radius 2 is 2.38 bits per heavy atom. The Labute approximate surface area is 93.7 Å². The average molecular weight is 221 g/mol. The summed E-state index contributed by atoms with van der Waals surface area (Å²) in [5.74, 6) is 1.74. The summed E-state index contributed by atoms with van der Waals surface area (Å²) in [5.41, 5.74) is 0. The van der Waals surface area contributed by atoms with Crippen molar-refractivity contribution in [1.29, 1.82) is 0 Å². The van der Waals surface area contributed by atoms with E-state index in [4.69, 9.17) is 0 Å². The maximum Gasteiger partial charge on any atom is 0.213 e. The average Bonchev–Trinajstić information content (AvgIpc) is 2.88. The van der Waals surface area contributed by atoms with Crippen molar-refractivity contribution in [3.63, 3.8) is 0 Å². The highest BCUT2D eigenvalue weighted by molar-refractivity contribution is 4.97. The van der Waals surface area contributed by atoms with E-state index in [-0.39, 0.29) is 6.04 Å². The lowest BCUT2D eigenvalue weighted by Crippen LogP contribution is -2.24. The molecule has 16 heavy (non-hydrogen) atoms. The van der Waals surface area contributed by atoms with E-state index in [2.05, 4.69) is 31.9 Å². The van der Waals surface area contributed by atoms with Crippen LogP contribution in [0.3, 0.4) is 0 Å². The van der Waals surface area contributed by atoms with Crippen molar-refractivity contribution >= 4 is 0 Å². The zero-order chi connectivity index (χ0) is 11.4. The van der Waals surface area contributed by atoms with Gasteiger partial charge in [-0.25, -0.2) is 4.98 Å². The first-order chi connectivity index (χ1) is 7.77. The van der Waals surface area contributed by atoms with Crippen LogP contribution in [0.5, 0.6) is 0 Å². The molecule has 1 N–H and O–H groups in total. The molecule has 2 aromatic heterocycles. The highest BCUT2D eigenvalue weighted by atomic mass is 16.5. The molecule has 2 aromatic rings. The van der Waals surface area contributed by atoms with Gasteiger partial charge in [-0.1, -0.05) is 5.16 Å². The Hall–Kier alpha value is -1.69. The normalized spacial score (nSPS) is 12.9. The molecule has 1 atom stereocenters. The van der Waals surface area contributed by atoms with E-state index in [9.17, 15) is 0 Å². The molecule has 0 bridgehead atoms. The van der Waals surface area contributed by atoms with Crippen molar-refractivity contribution < 1.29 is 4.52 Å². The van der Waals surface area contributed by atoms with Crippen LogP contribution < -0.4 is 5.32 Å². The third-order valence-corrected chi connectivity index (χ3v) is 2.45. The minimum Gasteiger partial charge on any atom is -0.343 e. The fourth-order valence-electron chi connectivity index (χ4n) is 1.59. The summed E-state index contributed by atoms with van der Waals surface area (Å²) in [4.78, 5) is 8.24. The Kier molecular flexibility index (Phi) is 3.31. The van der Waals surface area contributed by atoms with Crippen LogP contribution in [0.25, 0.3) is 0 Å². The lowest BCUT2D eigenvalue weighted by molar-refractivity contribution is 0.408. The molecule has 0 aromatic carbocycles. The van der Waals surface area contributed by atoms with Gasteiger partial charge in [0, 0.05) is 32.4 Å². The van der Waals surface area contributed by atoms with Gasteiger partial charge >= 0.3 is 0 Å². The predicted molar refractivity (Wildman–Crippen MR) is 57.6 cm³/mol. The van der Waals surface area contributed by atoms with Gasteiger partial charge < -0.3 is 14.4 Å². The van der Waals surface area contributed by atoms with Gasteiger partial charge in [-0.3, -0.25) is 0 Å². The van der Waals surface area contributed by atoms with Crippen molar-refractivity contribution in [3.8, 4) is 0 Å². The standard InChI is InChI=1S/C10H15N5O/c1-8(10-12-5-6-15(10)2)11-4-3-9-13-7-16-14-9/h5-8,11H,3-4H2,1-2H3. The predicted octanol–water partition coefficient (Wildman–Crippen LogP) is 0.696. The Morgan fingerprint density at radius 1 is 1.50 bits per heavy atom. The number of nitrogens with one attached hydrogen (secondary N) is 1. The molecule has 2 heterocycles. The summed E-state index contributed by atoms with van der Waals surface area (Å²) in [6.45, 7) is 2.88. The summed E-state index contributed by atoms with van der Waals surface area (Å²) in [6, 6.07) is 0.215. The number of aryl methyl sites for hydroxylation is 1. The maximum atomic E-state index is 4.66.